The first-order valence-corrected chi connectivity index (χ1v) is 6.47. The van der Waals surface area contributed by atoms with Gasteiger partial charge in [-0.05, 0) is 41.9 Å². The number of Topliss-reactive ketones (excluding diaryl/α,β-unsaturated/α-hetero) is 1. The van der Waals surface area contributed by atoms with Crippen LogP contribution >= 0.6 is 15.9 Å². The Morgan fingerprint density at radius 2 is 2.17 bits per heavy atom. The van der Waals surface area contributed by atoms with E-state index >= 15 is 0 Å². The topological polar surface area (TPSA) is 46.6 Å². The van der Waals surface area contributed by atoms with Gasteiger partial charge in [0.2, 0.25) is 5.91 Å². The predicted octanol–water partition coefficient (Wildman–Crippen LogP) is 2.79. The van der Waals surface area contributed by atoms with Crippen molar-refractivity contribution >= 4 is 33.3 Å². The summed E-state index contributed by atoms with van der Waals surface area (Å²) in [4.78, 5) is 24.9. The van der Waals surface area contributed by atoms with Crippen LogP contribution in [0.15, 0.2) is 16.6 Å². The number of halogens is 1. The third-order valence-corrected chi connectivity index (χ3v) is 3.54. The number of hydrogen-bond acceptors (Lipinski definition) is 3. The van der Waals surface area contributed by atoms with E-state index in [-0.39, 0.29) is 17.8 Å². The number of rotatable bonds is 1. The zero-order valence-corrected chi connectivity index (χ0v) is 12.1. The third kappa shape index (κ3) is 2.27. The SMILES string of the molecule is CC(=O)c1cc(Br)c2c(c1)N(C)C(=O)CC(C)O2. The third-order valence-electron chi connectivity index (χ3n) is 2.95. The van der Waals surface area contributed by atoms with Crippen LogP contribution in [0.4, 0.5) is 5.69 Å². The van der Waals surface area contributed by atoms with Crippen molar-refractivity contribution in [3.8, 4) is 5.75 Å². The number of benzene rings is 1. The maximum Gasteiger partial charge on any atom is 0.230 e. The van der Waals surface area contributed by atoms with Gasteiger partial charge in [0.15, 0.2) is 11.5 Å². The number of ether oxygens (including phenoxy) is 1. The Kier molecular flexibility index (Phi) is 3.43. The van der Waals surface area contributed by atoms with Gasteiger partial charge in [-0.25, -0.2) is 0 Å². The van der Waals surface area contributed by atoms with Crippen molar-refractivity contribution in [2.45, 2.75) is 26.4 Å². The summed E-state index contributed by atoms with van der Waals surface area (Å²) >= 11 is 3.40. The lowest BCUT2D eigenvalue weighted by Gasteiger charge is -2.18. The van der Waals surface area contributed by atoms with Crippen LogP contribution in [0.2, 0.25) is 0 Å². The molecule has 1 heterocycles. The normalized spacial score (nSPS) is 19.0. The maximum absolute atomic E-state index is 11.9. The van der Waals surface area contributed by atoms with Gasteiger partial charge in [-0.2, -0.15) is 0 Å². The van der Waals surface area contributed by atoms with E-state index in [1.165, 1.54) is 11.8 Å². The van der Waals surface area contributed by atoms with Crippen LogP contribution in [0.5, 0.6) is 5.75 Å². The van der Waals surface area contributed by atoms with Gasteiger partial charge in [-0.1, -0.05) is 0 Å². The second-order valence-electron chi connectivity index (χ2n) is 4.45. The molecule has 1 unspecified atom stereocenters. The number of fused-ring (bicyclic) bond motifs is 1. The molecule has 1 aromatic carbocycles. The summed E-state index contributed by atoms with van der Waals surface area (Å²) in [5.41, 5.74) is 1.18. The average molecular weight is 312 g/mol. The Labute approximate surface area is 114 Å². The largest absolute Gasteiger partial charge is 0.487 e. The molecule has 0 N–H and O–H groups in total. The number of anilines is 1. The van der Waals surface area contributed by atoms with Crippen molar-refractivity contribution in [1.82, 2.24) is 0 Å². The van der Waals surface area contributed by atoms with Crippen LogP contribution in [-0.4, -0.2) is 24.8 Å². The summed E-state index contributed by atoms with van der Waals surface area (Å²) in [6, 6.07) is 3.41. The van der Waals surface area contributed by atoms with Gasteiger partial charge in [0.25, 0.3) is 0 Å². The van der Waals surface area contributed by atoms with Crippen molar-refractivity contribution in [2.24, 2.45) is 0 Å². The van der Waals surface area contributed by atoms with Crippen LogP contribution in [0.1, 0.15) is 30.6 Å². The van der Waals surface area contributed by atoms with Gasteiger partial charge in [0.05, 0.1) is 16.6 Å². The van der Waals surface area contributed by atoms with E-state index in [2.05, 4.69) is 15.9 Å². The molecule has 1 aromatic rings. The predicted molar refractivity (Wildman–Crippen MR) is 72.3 cm³/mol. The van der Waals surface area contributed by atoms with Crippen LogP contribution < -0.4 is 9.64 Å². The highest BCUT2D eigenvalue weighted by atomic mass is 79.9. The standard InChI is InChI=1S/C13H14BrNO3/c1-7-4-12(17)15(3)11-6-9(8(2)16)5-10(14)13(11)18-7/h5-7H,4H2,1-3H3. The fourth-order valence-electron chi connectivity index (χ4n) is 1.91. The zero-order chi connectivity index (χ0) is 13.4. The van der Waals surface area contributed by atoms with Gasteiger partial charge >= 0.3 is 0 Å². The molecule has 0 saturated heterocycles. The smallest absolute Gasteiger partial charge is 0.230 e. The van der Waals surface area contributed by atoms with Crippen molar-refractivity contribution in [3.63, 3.8) is 0 Å². The molecule has 96 valence electrons. The van der Waals surface area contributed by atoms with E-state index in [4.69, 9.17) is 4.74 Å². The molecular formula is C13H14BrNO3. The molecule has 0 bridgehead atoms. The molecule has 18 heavy (non-hydrogen) atoms. The molecule has 0 aromatic heterocycles. The molecule has 0 radical (unpaired) electrons. The molecule has 1 amide bonds. The summed E-state index contributed by atoms with van der Waals surface area (Å²) in [6.07, 6.45) is 0.146. The second-order valence-corrected chi connectivity index (χ2v) is 5.30. The van der Waals surface area contributed by atoms with Gasteiger partial charge < -0.3 is 9.64 Å². The van der Waals surface area contributed by atoms with Crippen molar-refractivity contribution in [3.05, 3.63) is 22.2 Å². The van der Waals surface area contributed by atoms with E-state index in [1.54, 1.807) is 19.2 Å². The van der Waals surface area contributed by atoms with Crippen molar-refractivity contribution in [1.29, 1.82) is 0 Å². The minimum Gasteiger partial charge on any atom is -0.487 e. The monoisotopic (exact) mass is 311 g/mol. The highest BCUT2D eigenvalue weighted by molar-refractivity contribution is 9.10. The van der Waals surface area contributed by atoms with E-state index < -0.39 is 0 Å². The molecule has 1 atom stereocenters. The van der Waals surface area contributed by atoms with E-state index in [1.807, 2.05) is 6.92 Å². The highest BCUT2D eigenvalue weighted by Crippen LogP contribution is 2.39. The first-order chi connectivity index (χ1) is 8.40. The van der Waals surface area contributed by atoms with Gasteiger partial charge in [0.1, 0.15) is 6.10 Å². The van der Waals surface area contributed by atoms with Gasteiger partial charge in [-0.3, -0.25) is 9.59 Å². The number of amides is 1. The number of carbonyl (C=O) groups is 2. The summed E-state index contributed by atoms with van der Waals surface area (Å²) in [5, 5.41) is 0. The Bertz CT molecular complexity index is 527. The van der Waals surface area contributed by atoms with Crippen LogP contribution in [0, 0.1) is 0 Å². The number of nitrogens with zero attached hydrogens (tertiary/aromatic N) is 1. The molecule has 2 rings (SSSR count). The summed E-state index contributed by atoms with van der Waals surface area (Å²) in [7, 11) is 1.69. The quantitative estimate of drug-likeness (QED) is 0.749. The van der Waals surface area contributed by atoms with Crippen LogP contribution in [0.3, 0.4) is 0 Å². The average Bonchev–Trinajstić information content (AvgIpc) is 2.39. The Balaban J connectivity index is 2.62. The molecule has 0 fully saturated rings. The molecule has 1 aliphatic heterocycles. The summed E-state index contributed by atoms with van der Waals surface area (Å²) < 4.78 is 6.44. The van der Waals surface area contributed by atoms with E-state index in [0.717, 1.165) is 0 Å². The minimum absolute atomic E-state index is 0.0196. The Morgan fingerprint density at radius 1 is 1.50 bits per heavy atom. The van der Waals surface area contributed by atoms with E-state index in [0.29, 0.717) is 27.9 Å². The first kappa shape index (κ1) is 13.1. The fraction of sp³-hybridized carbons (Fsp3) is 0.385. The first-order valence-electron chi connectivity index (χ1n) is 5.68. The molecule has 0 aliphatic carbocycles. The Morgan fingerprint density at radius 3 is 2.78 bits per heavy atom. The van der Waals surface area contributed by atoms with Crippen LogP contribution in [0.25, 0.3) is 0 Å². The molecule has 0 saturated carbocycles. The Hall–Kier alpha value is -1.36. The lowest BCUT2D eigenvalue weighted by Crippen LogP contribution is -2.27. The fourth-order valence-corrected chi connectivity index (χ4v) is 2.45. The molecule has 0 spiro atoms. The second kappa shape index (κ2) is 4.72. The van der Waals surface area contributed by atoms with Crippen LogP contribution in [-0.2, 0) is 4.79 Å². The highest BCUT2D eigenvalue weighted by Gasteiger charge is 2.26. The summed E-state index contributed by atoms with van der Waals surface area (Å²) in [6.45, 7) is 3.35. The van der Waals surface area contributed by atoms with Gasteiger partial charge in [0, 0.05) is 12.6 Å². The lowest BCUT2D eigenvalue weighted by atomic mass is 10.1. The number of carbonyl (C=O) groups excluding carboxylic acids is 2. The number of ketones is 1. The molecule has 5 heteroatoms. The lowest BCUT2D eigenvalue weighted by molar-refractivity contribution is -0.119. The summed E-state index contributed by atoms with van der Waals surface area (Å²) in [5.74, 6) is 0.548. The molecule has 1 aliphatic rings. The number of hydrogen-bond donors (Lipinski definition) is 0. The van der Waals surface area contributed by atoms with E-state index in [9.17, 15) is 9.59 Å². The van der Waals surface area contributed by atoms with Crippen molar-refractivity contribution < 1.29 is 14.3 Å². The maximum atomic E-state index is 11.9. The molecule has 4 nitrogen and oxygen atoms in total. The molecular weight excluding hydrogens is 298 g/mol. The minimum atomic E-state index is -0.180. The van der Waals surface area contributed by atoms with Crippen molar-refractivity contribution in [2.75, 3.05) is 11.9 Å². The zero-order valence-electron chi connectivity index (χ0n) is 10.5. The van der Waals surface area contributed by atoms with Gasteiger partial charge in [-0.15, -0.1) is 0 Å².